The van der Waals surface area contributed by atoms with Gasteiger partial charge in [0.1, 0.15) is 0 Å². The monoisotopic (exact) mass is 308 g/mol. The van der Waals surface area contributed by atoms with Gasteiger partial charge in [0.05, 0.1) is 0 Å². The third-order valence-corrected chi connectivity index (χ3v) is 6.30. The van der Waals surface area contributed by atoms with E-state index in [1.165, 1.54) is 64.7 Å². The van der Waals surface area contributed by atoms with E-state index in [4.69, 9.17) is 0 Å². The number of piperidine rings is 2. The first-order valence-corrected chi connectivity index (χ1v) is 9.97. The zero-order valence-electron chi connectivity index (χ0n) is 15.9. The molecule has 2 saturated heterocycles. The predicted molar refractivity (Wildman–Crippen MR) is 97.3 cm³/mol. The molecule has 0 N–H and O–H groups in total. The molecule has 0 spiro atoms. The number of hydrogen-bond donors (Lipinski definition) is 0. The number of hydrogen-bond acceptors (Lipinski definition) is 2. The van der Waals surface area contributed by atoms with Crippen molar-refractivity contribution in [3.63, 3.8) is 0 Å². The van der Waals surface area contributed by atoms with E-state index in [-0.39, 0.29) is 0 Å². The summed E-state index contributed by atoms with van der Waals surface area (Å²) in [7, 11) is 0. The highest BCUT2D eigenvalue weighted by Crippen LogP contribution is 2.29. The summed E-state index contributed by atoms with van der Waals surface area (Å²) in [5, 5.41) is 0. The molecule has 0 radical (unpaired) electrons. The molecule has 2 heterocycles. The molecule has 2 fully saturated rings. The molecule has 2 nitrogen and oxygen atoms in total. The first kappa shape index (κ1) is 18.3. The van der Waals surface area contributed by atoms with Gasteiger partial charge in [0.25, 0.3) is 0 Å². The van der Waals surface area contributed by atoms with Gasteiger partial charge in [0.15, 0.2) is 0 Å². The minimum atomic E-state index is 0.746. The maximum atomic E-state index is 2.82. The molecule has 22 heavy (non-hydrogen) atoms. The highest BCUT2D eigenvalue weighted by Gasteiger charge is 2.30. The van der Waals surface area contributed by atoms with Crippen molar-refractivity contribution in [3.8, 4) is 0 Å². The van der Waals surface area contributed by atoms with Crippen LogP contribution in [0.25, 0.3) is 0 Å². The predicted octanol–water partition coefficient (Wildman–Crippen LogP) is 4.64. The second-order valence-electron chi connectivity index (χ2n) is 8.63. The molecule has 0 saturated carbocycles. The third kappa shape index (κ3) is 4.96. The van der Waals surface area contributed by atoms with Gasteiger partial charge in [-0.2, -0.15) is 0 Å². The highest BCUT2D eigenvalue weighted by molar-refractivity contribution is 4.85. The van der Waals surface area contributed by atoms with Crippen molar-refractivity contribution in [1.29, 1.82) is 0 Å². The molecule has 0 aliphatic carbocycles. The molecule has 0 aromatic rings. The Kier molecular flexibility index (Phi) is 7.21. The normalized spacial score (nSPS) is 28.2. The maximum Gasteiger partial charge on any atom is 0.0121 e. The van der Waals surface area contributed by atoms with Crippen LogP contribution in [0.2, 0.25) is 0 Å². The summed E-state index contributed by atoms with van der Waals surface area (Å²) < 4.78 is 0. The Hall–Kier alpha value is -0.0800. The Balaban J connectivity index is 1.91. The van der Waals surface area contributed by atoms with Crippen LogP contribution in [0.5, 0.6) is 0 Å². The molecule has 3 atom stereocenters. The lowest BCUT2D eigenvalue weighted by molar-refractivity contribution is 0.0628. The average molecular weight is 309 g/mol. The fourth-order valence-electron chi connectivity index (χ4n) is 4.52. The van der Waals surface area contributed by atoms with Crippen LogP contribution in [0, 0.1) is 17.8 Å². The zero-order chi connectivity index (χ0) is 16.1. The summed E-state index contributed by atoms with van der Waals surface area (Å²) in [5.41, 5.74) is 0. The summed E-state index contributed by atoms with van der Waals surface area (Å²) in [6, 6.07) is 1.56. The second-order valence-corrected chi connectivity index (χ2v) is 8.63. The van der Waals surface area contributed by atoms with Crippen molar-refractivity contribution in [2.45, 2.75) is 85.2 Å². The Morgan fingerprint density at radius 2 is 1.41 bits per heavy atom. The van der Waals surface area contributed by atoms with E-state index in [9.17, 15) is 0 Å². The van der Waals surface area contributed by atoms with Crippen LogP contribution in [0.3, 0.4) is 0 Å². The van der Waals surface area contributed by atoms with Gasteiger partial charge < -0.3 is 9.80 Å². The van der Waals surface area contributed by atoms with Gasteiger partial charge in [-0.3, -0.25) is 0 Å². The maximum absolute atomic E-state index is 2.82. The molecule has 2 unspecified atom stereocenters. The van der Waals surface area contributed by atoms with E-state index in [0.717, 1.165) is 29.8 Å². The lowest BCUT2D eigenvalue weighted by atomic mass is 9.85. The fraction of sp³-hybridized carbons (Fsp3) is 1.00. The largest absolute Gasteiger partial charge is 0.300 e. The average Bonchev–Trinajstić information content (AvgIpc) is 2.52. The SMILES string of the molecule is CC(C)C(CC1CCCN([C@H](C)C(C)C)C1)N1CCCCC1. The smallest absolute Gasteiger partial charge is 0.0121 e. The van der Waals surface area contributed by atoms with Crippen molar-refractivity contribution in [2.24, 2.45) is 17.8 Å². The molecular formula is C20H40N2. The minimum absolute atomic E-state index is 0.746. The Bertz CT molecular complexity index is 307. The molecule has 0 amide bonds. The van der Waals surface area contributed by atoms with Crippen LogP contribution >= 0.6 is 0 Å². The second kappa shape index (κ2) is 8.68. The van der Waals surface area contributed by atoms with Crippen LogP contribution < -0.4 is 0 Å². The first-order chi connectivity index (χ1) is 10.5. The van der Waals surface area contributed by atoms with E-state index in [1.807, 2.05) is 0 Å². The van der Waals surface area contributed by atoms with Crippen LogP contribution in [0.1, 0.15) is 73.1 Å². The van der Waals surface area contributed by atoms with Gasteiger partial charge in [-0.05, 0) is 76.4 Å². The Morgan fingerprint density at radius 3 is 2.00 bits per heavy atom. The molecule has 2 aliphatic rings. The molecule has 2 rings (SSSR count). The molecule has 0 bridgehead atoms. The lowest BCUT2D eigenvalue weighted by Gasteiger charge is -2.43. The van der Waals surface area contributed by atoms with Gasteiger partial charge in [-0.15, -0.1) is 0 Å². The van der Waals surface area contributed by atoms with Crippen LogP contribution in [-0.2, 0) is 0 Å². The van der Waals surface area contributed by atoms with Gasteiger partial charge in [0.2, 0.25) is 0 Å². The van der Waals surface area contributed by atoms with Crippen LogP contribution in [-0.4, -0.2) is 48.1 Å². The van der Waals surface area contributed by atoms with E-state index < -0.39 is 0 Å². The van der Waals surface area contributed by atoms with E-state index in [0.29, 0.717) is 0 Å². The van der Waals surface area contributed by atoms with Crippen molar-refractivity contribution in [2.75, 3.05) is 26.2 Å². The van der Waals surface area contributed by atoms with E-state index in [2.05, 4.69) is 44.4 Å². The Morgan fingerprint density at radius 1 is 0.773 bits per heavy atom. The number of rotatable bonds is 6. The topological polar surface area (TPSA) is 6.48 Å². The molecule has 2 heteroatoms. The molecule has 2 aliphatic heterocycles. The molecule has 0 aromatic heterocycles. The van der Waals surface area contributed by atoms with Crippen molar-refractivity contribution in [3.05, 3.63) is 0 Å². The van der Waals surface area contributed by atoms with Gasteiger partial charge >= 0.3 is 0 Å². The van der Waals surface area contributed by atoms with Gasteiger partial charge in [-0.25, -0.2) is 0 Å². The van der Waals surface area contributed by atoms with Crippen LogP contribution in [0.15, 0.2) is 0 Å². The summed E-state index contributed by atoms with van der Waals surface area (Å²) in [6.45, 7) is 17.4. The molecule has 0 aromatic carbocycles. The molecule has 130 valence electrons. The van der Waals surface area contributed by atoms with Crippen molar-refractivity contribution < 1.29 is 0 Å². The minimum Gasteiger partial charge on any atom is -0.300 e. The third-order valence-electron chi connectivity index (χ3n) is 6.30. The number of likely N-dealkylation sites (tertiary alicyclic amines) is 2. The Labute approximate surface area is 139 Å². The fourth-order valence-corrected chi connectivity index (χ4v) is 4.52. The summed E-state index contributed by atoms with van der Waals surface area (Å²) in [5.74, 6) is 2.50. The summed E-state index contributed by atoms with van der Waals surface area (Å²) in [6.07, 6.45) is 8.59. The quantitative estimate of drug-likeness (QED) is 0.705. The van der Waals surface area contributed by atoms with Crippen molar-refractivity contribution in [1.82, 2.24) is 9.80 Å². The molecular weight excluding hydrogens is 268 g/mol. The standard InChI is InChI=1S/C20H40N2/c1-16(2)18(5)22-13-9-10-19(15-22)14-20(17(3)4)21-11-7-6-8-12-21/h16-20H,6-15H2,1-5H3/t18-,19?,20?/m1/s1. The highest BCUT2D eigenvalue weighted by atomic mass is 15.2. The number of nitrogens with zero attached hydrogens (tertiary/aromatic N) is 2. The lowest BCUT2D eigenvalue weighted by Crippen LogP contribution is -2.47. The van der Waals surface area contributed by atoms with Gasteiger partial charge in [-0.1, -0.05) is 34.1 Å². The van der Waals surface area contributed by atoms with Crippen LogP contribution in [0.4, 0.5) is 0 Å². The zero-order valence-corrected chi connectivity index (χ0v) is 15.9. The van der Waals surface area contributed by atoms with Crippen molar-refractivity contribution >= 4 is 0 Å². The van der Waals surface area contributed by atoms with E-state index >= 15 is 0 Å². The summed E-state index contributed by atoms with van der Waals surface area (Å²) in [4.78, 5) is 5.59. The van der Waals surface area contributed by atoms with Gasteiger partial charge in [0, 0.05) is 18.6 Å². The van der Waals surface area contributed by atoms with E-state index in [1.54, 1.807) is 0 Å². The first-order valence-electron chi connectivity index (χ1n) is 9.97. The summed E-state index contributed by atoms with van der Waals surface area (Å²) >= 11 is 0.